The Hall–Kier alpha value is -1.82. The maximum absolute atomic E-state index is 11.8. The summed E-state index contributed by atoms with van der Waals surface area (Å²) in [7, 11) is 0. The zero-order valence-corrected chi connectivity index (χ0v) is 10.5. The van der Waals surface area contributed by atoms with Crippen molar-refractivity contribution in [1.82, 2.24) is 5.32 Å². The molecule has 3 heteroatoms. The summed E-state index contributed by atoms with van der Waals surface area (Å²) in [6.07, 6.45) is 0.776. The van der Waals surface area contributed by atoms with E-state index in [-0.39, 0.29) is 11.8 Å². The molecule has 0 unspecified atom stereocenters. The summed E-state index contributed by atoms with van der Waals surface area (Å²) in [6, 6.07) is 9.19. The first kappa shape index (κ1) is 13.2. The highest BCUT2D eigenvalue weighted by Crippen LogP contribution is 2.17. The van der Waals surface area contributed by atoms with E-state index in [0.717, 1.165) is 17.5 Å². The lowest BCUT2D eigenvalue weighted by atomic mass is 10.0. The molecule has 0 radical (unpaired) electrons. The second kappa shape index (κ2) is 6.05. The van der Waals surface area contributed by atoms with Crippen LogP contribution in [0.15, 0.2) is 24.3 Å². The molecular formula is C14H18N2O. The Morgan fingerprint density at radius 1 is 1.47 bits per heavy atom. The molecule has 0 bridgehead atoms. The van der Waals surface area contributed by atoms with Crippen molar-refractivity contribution in [2.45, 2.75) is 33.2 Å². The first-order chi connectivity index (χ1) is 8.10. The third kappa shape index (κ3) is 3.32. The van der Waals surface area contributed by atoms with Crippen molar-refractivity contribution in [1.29, 1.82) is 5.26 Å². The number of nitrogens with zero attached hydrogens (tertiary/aromatic N) is 1. The van der Waals surface area contributed by atoms with E-state index in [9.17, 15) is 4.79 Å². The number of nitriles is 1. The minimum absolute atomic E-state index is 0.0603. The Labute approximate surface area is 102 Å². The lowest BCUT2D eigenvalue weighted by Gasteiger charge is -2.16. The lowest BCUT2D eigenvalue weighted by Crippen LogP contribution is -2.32. The molecule has 0 aliphatic carbocycles. The van der Waals surface area contributed by atoms with Crippen LogP contribution in [0.25, 0.3) is 0 Å². The van der Waals surface area contributed by atoms with Crippen LogP contribution in [-0.4, -0.2) is 5.91 Å². The standard InChI is InChI=1S/C14H18N2O/c1-4-10(2)14(17)16-13(9-15)12-8-6-5-7-11(12)3/h5-8,10,13H,4H2,1-3H3,(H,16,17)/t10-,13+/m0/s1. The third-order valence-electron chi connectivity index (χ3n) is 2.98. The van der Waals surface area contributed by atoms with Crippen LogP contribution in [0.4, 0.5) is 0 Å². The van der Waals surface area contributed by atoms with Gasteiger partial charge in [-0.1, -0.05) is 38.1 Å². The quantitative estimate of drug-likeness (QED) is 0.864. The SMILES string of the molecule is CC[C@H](C)C(=O)N[C@H](C#N)c1ccccc1C. The molecule has 2 atom stereocenters. The van der Waals surface area contributed by atoms with E-state index in [1.807, 2.05) is 45.0 Å². The second-order valence-electron chi connectivity index (χ2n) is 4.24. The summed E-state index contributed by atoms with van der Waals surface area (Å²) in [5, 5.41) is 11.9. The average Bonchev–Trinajstić information content (AvgIpc) is 2.35. The molecule has 0 saturated heterocycles. The van der Waals surface area contributed by atoms with E-state index < -0.39 is 6.04 Å². The first-order valence-corrected chi connectivity index (χ1v) is 5.85. The van der Waals surface area contributed by atoms with E-state index in [1.165, 1.54) is 0 Å². The molecule has 0 heterocycles. The van der Waals surface area contributed by atoms with Gasteiger partial charge in [0.1, 0.15) is 6.04 Å². The number of rotatable bonds is 4. The molecule has 90 valence electrons. The molecule has 1 aromatic carbocycles. The van der Waals surface area contributed by atoms with Gasteiger partial charge in [0.15, 0.2) is 0 Å². The highest BCUT2D eigenvalue weighted by Gasteiger charge is 2.18. The summed E-state index contributed by atoms with van der Waals surface area (Å²) in [5.41, 5.74) is 1.88. The Bertz CT molecular complexity index is 434. The topological polar surface area (TPSA) is 52.9 Å². The molecule has 1 amide bonds. The highest BCUT2D eigenvalue weighted by molar-refractivity contribution is 5.79. The lowest BCUT2D eigenvalue weighted by molar-refractivity contribution is -0.125. The smallest absolute Gasteiger partial charge is 0.224 e. The Kier molecular flexibility index (Phi) is 4.71. The first-order valence-electron chi connectivity index (χ1n) is 5.85. The third-order valence-corrected chi connectivity index (χ3v) is 2.98. The molecule has 1 rings (SSSR count). The predicted octanol–water partition coefficient (Wildman–Crippen LogP) is 2.72. The van der Waals surface area contributed by atoms with Gasteiger partial charge in [0.05, 0.1) is 6.07 Å². The van der Waals surface area contributed by atoms with E-state index >= 15 is 0 Å². The Balaban J connectivity index is 2.84. The van der Waals surface area contributed by atoms with Gasteiger partial charge in [0, 0.05) is 5.92 Å². The normalized spacial score (nSPS) is 13.5. The fourth-order valence-corrected chi connectivity index (χ4v) is 1.56. The highest BCUT2D eigenvalue weighted by atomic mass is 16.1. The molecular weight excluding hydrogens is 212 g/mol. The van der Waals surface area contributed by atoms with Gasteiger partial charge in [0.25, 0.3) is 0 Å². The second-order valence-corrected chi connectivity index (χ2v) is 4.24. The van der Waals surface area contributed by atoms with Crippen molar-refractivity contribution < 1.29 is 4.79 Å². The average molecular weight is 230 g/mol. The van der Waals surface area contributed by atoms with Crippen molar-refractivity contribution in [3.63, 3.8) is 0 Å². The number of hydrogen-bond acceptors (Lipinski definition) is 2. The zero-order valence-electron chi connectivity index (χ0n) is 10.5. The van der Waals surface area contributed by atoms with Gasteiger partial charge in [0.2, 0.25) is 5.91 Å². The minimum Gasteiger partial charge on any atom is -0.336 e. The molecule has 3 nitrogen and oxygen atoms in total. The van der Waals surface area contributed by atoms with Gasteiger partial charge in [-0.2, -0.15) is 5.26 Å². The molecule has 1 aromatic rings. The Morgan fingerprint density at radius 2 is 2.12 bits per heavy atom. The van der Waals surface area contributed by atoms with Gasteiger partial charge in [-0.05, 0) is 24.5 Å². The monoisotopic (exact) mass is 230 g/mol. The number of aryl methyl sites for hydroxylation is 1. The summed E-state index contributed by atoms with van der Waals surface area (Å²) in [4.78, 5) is 11.8. The predicted molar refractivity (Wildman–Crippen MR) is 67.1 cm³/mol. The largest absolute Gasteiger partial charge is 0.336 e. The molecule has 0 spiro atoms. The van der Waals surface area contributed by atoms with Crippen LogP contribution in [0.2, 0.25) is 0 Å². The van der Waals surface area contributed by atoms with Crippen LogP contribution < -0.4 is 5.32 Å². The molecule has 0 aliphatic heterocycles. The van der Waals surface area contributed by atoms with Crippen molar-refractivity contribution >= 4 is 5.91 Å². The van der Waals surface area contributed by atoms with Gasteiger partial charge in [-0.3, -0.25) is 4.79 Å². The maximum atomic E-state index is 11.8. The minimum atomic E-state index is -0.558. The van der Waals surface area contributed by atoms with Gasteiger partial charge < -0.3 is 5.32 Å². The van der Waals surface area contributed by atoms with Crippen molar-refractivity contribution in [3.8, 4) is 6.07 Å². The number of carbonyl (C=O) groups is 1. The van der Waals surface area contributed by atoms with Gasteiger partial charge in [-0.25, -0.2) is 0 Å². The van der Waals surface area contributed by atoms with Crippen LogP contribution >= 0.6 is 0 Å². The Morgan fingerprint density at radius 3 is 2.65 bits per heavy atom. The number of benzene rings is 1. The molecule has 1 N–H and O–H groups in total. The van der Waals surface area contributed by atoms with E-state index in [4.69, 9.17) is 5.26 Å². The number of hydrogen-bond donors (Lipinski definition) is 1. The summed E-state index contributed by atoms with van der Waals surface area (Å²) in [6.45, 7) is 5.76. The van der Waals surface area contributed by atoms with Crippen LogP contribution in [0.1, 0.15) is 37.4 Å². The van der Waals surface area contributed by atoms with Gasteiger partial charge in [-0.15, -0.1) is 0 Å². The molecule has 0 saturated carbocycles. The molecule has 0 aliphatic rings. The van der Waals surface area contributed by atoms with Crippen LogP contribution in [0.5, 0.6) is 0 Å². The summed E-state index contributed by atoms with van der Waals surface area (Å²) < 4.78 is 0. The van der Waals surface area contributed by atoms with Crippen molar-refractivity contribution in [2.75, 3.05) is 0 Å². The van der Waals surface area contributed by atoms with E-state index in [2.05, 4.69) is 11.4 Å². The van der Waals surface area contributed by atoms with Crippen molar-refractivity contribution in [3.05, 3.63) is 35.4 Å². The van der Waals surface area contributed by atoms with Crippen LogP contribution in [-0.2, 0) is 4.79 Å². The van der Waals surface area contributed by atoms with Crippen LogP contribution in [0, 0.1) is 24.2 Å². The van der Waals surface area contributed by atoms with Crippen molar-refractivity contribution in [2.24, 2.45) is 5.92 Å². The molecule has 0 aromatic heterocycles. The fourth-order valence-electron chi connectivity index (χ4n) is 1.56. The van der Waals surface area contributed by atoms with E-state index in [0.29, 0.717) is 0 Å². The molecule has 0 fully saturated rings. The summed E-state index contributed by atoms with van der Waals surface area (Å²) >= 11 is 0. The van der Waals surface area contributed by atoms with E-state index in [1.54, 1.807) is 0 Å². The summed E-state index contributed by atoms with van der Waals surface area (Å²) in [5.74, 6) is -0.128. The number of carbonyl (C=O) groups excluding carboxylic acids is 1. The number of amides is 1. The van der Waals surface area contributed by atoms with Crippen LogP contribution in [0.3, 0.4) is 0 Å². The molecule has 17 heavy (non-hydrogen) atoms. The number of nitrogens with one attached hydrogen (secondary N) is 1. The zero-order chi connectivity index (χ0) is 12.8. The van der Waals surface area contributed by atoms with Gasteiger partial charge >= 0.3 is 0 Å². The maximum Gasteiger partial charge on any atom is 0.224 e. The fraction of sp³-hybridized carbons (Fsp3) is 0.429.